The molecule has 1 saturated carbocycles. The molecule has 1 unspecified atom stereocenters. The van der Waals surface area contributed by atoms with E-state index in [2.05, 4.69) is 5.32 Å². The van der Waals surface area contributed by atoms with Gasteiger partial charge in [0.25, 0.3) is 0 Å². The number of hydrogen-bond donors (Lipinski definition) is 1. The molecule has 1 aliphatic carbocycles. The second-order valence-electron chi connectivity index (χ2n) is 11.9. The number of anilines is 1. The van der Waals surface area contributed by atoms with Crippen LogP contribution < -0.4 is 9.62 Å². The van der Waals surface area contributed by atoms with Crippen molar-refractivity contribution in [2.45, 2.75) is 83.8 Å². The fraction of sp³-hybridized carbons (Fsp3) is 0.429. The molecule has 7 nitrogen and oxygen atoms in total. The van der Waals surface area contributed by atoms with Gasteiger partial charge in [0.1, 0.15) is 11.9 Å². The van der Waals surface area contributed by atoms with Crippen molar-refractivity contribution in [1.29, 1.82) is 0 Å². The molecule has 1 N–H and O–H groups in total. The molecule has 0 spiro atoms. The summed E-state index contributed by atoms with van der Waals surface area (Å²) in [6.07, 6.45) is 6.67. The highest BCUT2D eigenvalue weighted by Crippen LogP contribution is 2.24. The van der Waals surface area contributed by atoms with Gasteiger partial charge in [-0.15, -0.1) is 0 Å². The molecule has 9 heteroatoms. The van der Waals surface area contributed by atoms with Crippen LogP contribution in [-0.2, 0) is 32.6 Å². The van der Waals surface area contributed by atoms with E-state index in [0.29, 0.717) is 11.3 Å². The summed E-state index contributed by atoms with van der Waals surface area (Å²) in [6, 6.07) is 20.4. The SMILES string of the molecule is Cc1ccc(N(CCCC(=O)N(Cc2ccccc2F)C(Cc2ccccc2)C(=O)NC2CCCCC2)S(C)(=O)=O)cc1C. The maximum absolute atomic E-state index is 14.9. The van der Waals surface area contributed by atoms with Crippen molar-refractivity contribution in [2.75, 3.05) is 17.1 Å². The molecule has 2 amide bonds. The Morgan fingerprint density at radius 2 is 1.61 bits per heavy atom. The molecule has 0 bridgehead atoms. The number of nitrogens with one attached hydrogen (secondary N) is 1. The van der Waals surface area contributed by atoms with E-state index in [1.54, 1.807) is 24.3 Å². The van der Waals surface area contributed by atoms with E-state index < -0.39 is 21.9 Å². The van der Waals surface area contributed by atoms with E-state index in [4.69, 9.17) is 0 Å². The molecule has 236 valence electrons. The number of carbonyl (C=O) groups excluding carboxylic acids is 2. The van der Waals surface area contributed by atoms with Gasteiger partial charge in [-0.25, -0.2) is 12.8 Å². The highest BCUT2D eigenvalue weighted by Gasteiger charge is 2.32. The van der Waals surface area contributed by atoms with Gasteiger partial charge in [-0.2, -0.15) is 0 Å². The van der Waals surface area contributed by atoms with Crippen LogP contribution in [0.1, 0.15) is 67.2 Å². The number of nitrogens with zero attached hydrogens (tertiary/aromatic N) is 2. The molecule has 4 rings (SSSR count). The monoisotopic (exact) mass is 621 g/mol. The van der Waals surface area contributed by atoms with Crippen LogP contribution in [0.15, 0.2) is 72.8 Å². The lowest BCUT2D eigenvalue weighted by molar-refractivity contribution is -0.141. The first-order valence-corrected chi connectivity index (χ1v) is 17.3. The lowest BCUT2D eigenvalue weighted by Gasteiger charge is -2.34. The molecule has 0 aromatic heterocycles. The lowest BCUT2D eigenvalue weighted by Crippen LogP contribution is -2.53. The molecule has 0 aliphatic heterocycles. The maximum Gasteiger partial charge on any atom is 0.243 e. The molecule has 1 aliphatic rings. The van der Waals surface area contributed by atoms with Gasteiger partial charge in [0.05, 0.1) is 11.9 Å². The Morgan fingerprint density at radius 1 is 0.932 bits per heavy atom. The summed E-state index contributed by atoms with van der Waals surface area (Å²) in [4.78, 5) is 29.4. The van der Waals surface area contributed by atoms with Crippen LogP contribution >= 0.6 is 0 Å². The molecule has 0 heterocycles. The van der Waals surface area contributed by atoms with Crippen molar-refractivity contribution < 1.29 is 22.4 Å². The third-order valence-corrected chi connectivity index (χ3v) is 9.65. The van der Waals surface area contributed by atoms with E-state index in [1.807, 2.05) is 56.3 Å². The first-order valence-electron chi connectivity index (χ1n) is 15.4. The van der Waals surface area contributed by atoms with Crippen molar-refractivity contribution in [3.63, 3.8) is 0 Å². The number of halogens is 1. The average Bonchev–Trinajstić information content (AvgIpc) is 3.00. The molecule has 1 atom stereocenters. The number of amides is 2. The quantitative estimate of drug-likeness (QED) is 0.251. The zero-order chi connectivity index (χ0) is 31.7. The van der Waals surface area contributed by atoms with Crippen molar-refractivity contribution in [1.82, 2.24) is 10.2 Å². The maximum atomic E-state index is 14.9. The van der Waals surface area contributed by atoms with Crippen molar-refractivity contribution in [2.24, 2.45) is 0 Å². The minimum atomic E-state index is -3.61. The zero-order valence-electron chi connectivity index (χ0n) is 26.0. The topological polar surface area (TPSA) is 86.8 Å². The van der Waals surface area contributed by atoms with Crippen LogP contribution in [0.3, 0.4) is 0 Å². The smallest absolute Gasteiger partial charge is 0.243 e. The van der Waals surface area contributed by atoms with Gasteiger partial charge in [-0.1, -0.05) is 73.9 Å². The third kappa shape index (κ3) is 9.14. The molecule has 0 saturated heterocycles. The third-order valence-electron chi connectivity index (χ3n) is 8.45. The van der Waals surface area contributed by atoms with E-state index in [9.17, 15) is 22.4 Å². The second-order valence-corrected chi connectivity index (χ2v) is 13.8. The number of benzene rings is 3. The fourth-order valence-corrected chi connectivity index (χ4v) is 6.75. The number of aryl methyl sites for hydroxylation is 2. The van der Waals surface area contributed by atoms with Gasteiger partial charge >= 0.3 is 0 Å². The highest BCUT2D eigenvalue weighted by atomic mass is 32.2. The largest absolute Gasteiger partial charge is 0.352 e. The Kier molecular flexibility index (Phi) is 11.6. The Bertz CT molecular complexity index is 1520. The predicted molar refractivity (Wildman–Crippen MR) is 173 cm³/mol. The van der Waals surface area contributed by atoms with Crippen molar-refractivity contribution in [3.8, 4) is 0 Å². The molecule has 0 radical (unpaired) electrons. The average molecular weight is 622 g/mol. The van der Waals surface area contributed by atoms with Crippen LogP contribution in [0.25, 0.3) is 0 Å². The number of hydrogen-bond acceptors (Lipinski definition) is 4. The number of carbonyl (C=O) groups is 2. The van der Waals surface area contributed by atoms with Crippen LogP contribution in [0, 0.1) is 19.7 Å². The summed E-state index contributed by atoms with van der Waals surface area (Å²) >= 11 is 0. The standard InChI is InChI=1S/C35H44FN3O4S/c1-26-20-21-31(23-27(26)2)39(44(3,42)43)22-12-19-34(40)38(25-29-15-10-11-18-32(29)36)33(24-28-13-6-4-7-14-28)35(41)37-30-16-8-5-9-17-30/h4,6-7,10-11,13-15,18,20-21,23,30,33H,5,8-9,12,16-17,19,22,24-25H2,1-3H3,(H,37,41). The van der Waals surface area contributed by atoms with E-state index >= 15 is 0 Å². The van der Waals surface area contributed by atoms with Gasteiger partial charge in [0.2, 0.25) is 21.8 Å². The van der Waals surface area contributed by atoms with Gasteiger partial charge in [0, 0.05) is 37.5 Å². The second kappa shape index (κ2) is 15.3. The summed E-state index contributed by atoms with van der Waals surface area (Å²) in [6.45, 7) is 3.91. The molecule has 44 heavy (non-hydrogen) atoms. The lowest BCUT2D eigenvalue weighted by atomic mass is 9.94. The van der Waals surface area contributed by atoms with Crippen molar-refractivity contribution in [3.05, 3.63) is 101 Å². The summed E-state index contributed by atoms with van der Waals surface area (Å²) in [5.41, 5.74) is 3.77. The predicted octanol–water partition coefficient (Wildman–Crippen LogP) is 6.08. The Hall–Kier alpha value is -3.72. The van der Waals surface area contributed by atoms with Crippen LogP contribution in [0.4, 0.5) is 10.1 Å². The summed E-state index contributed by atoms with van der Waals surface area (Å²) in [5, 5.41) is 3.19. The van der Waals surface area contributed by atoms with Gasteiger partial charge in [-0.3, -0.25) is 13.9 Å². The van der Waals surface area contributed by atoms with Gasteiger partial charge in [-0.05, 0) is 68.0 Å². The molecular weight excluding hydrogens is 577 g/mol. The first-order chi connectivity index (χ1) is 21.0. The zero-order valence-corrected chi connectivity index (χ0v) is 26.8. The number of rotatable bonds is 13. The Labute approximate surface area is 261 Å². The summed E-state index contributed by atoms with van der Waals surface area (Å²) in [5.74, 6) is -1.03. The Balaban J connectivity index is 1.60. The normalized spacial score (nSPS) is 14.5. The van der Waals surface area contributed by atoms with Crippen molar-refractivity contribution >= 4 is 27.5 Å². The Morgan fingerprint density at radius 3 is 2.27 bits per heavy atom. The van der Waals surface area contributed by atoms with E-state index in [-0.39, 0.29) is 50.2 Å². The van der Waals surface area contributed by atoms with Gasteiger partial charge < -0.3 is 10.2 Å². The van der Waals surface area contributed by atoms with E-state index in [0.717, 1.165) is 55.1 Å². The van der Waals surface area contributed by atoms with E-state index in [1.165, 1.54) is 15.3 Å². The first kappa shape index (κ1) is 33.2. The van der Waals surface area contributed by atoms with Crippen LogP contribution in [0.2, 0.25) is 0 Å². The molecular formula is C35H44FN3O4S. The molecule has 1 fully saturated rings. The summed E-state index contributed by atoms with van der Waals surface area (Å²) in [7, 11) is -3.61. The van der Waals surface area contributed by atoms with Crippen LogP contribution in [0.5, 0.6) is 0 Å². The molecule has 3 aromatic carbocycles. The molecule has 3 aromatic rings. The van der Waals surface area contributed by atoms with Crippen LogP contribution in [-0.4, -0.2) is 50.0 Å². The minimum Gasteiger partial charge on any atom is -0.352 e. The summed E-state index contributed by atoms with van der Waals surface area (Å²) < 4.78 is 41.7. The number of sulfonamides is 1. The fourth-order valence-electron chi connectivity index (χ4n) is 5.79. The van der Waals surface area contributed by atoms with Gasteiger partial charge in [0.15, 0.2) is 0 Å². The minimum absolute atomic E-state index is 0.00663. The highest BCUT2D eigenvalue weighted by molar-refractivity contribution is 7.92.